The Kier molecular flexibility index (Phi) is 4.57. The van der Waals surface area contributed by atoms with Crippen LogP contribution in [0.3, 0.4) is 0 Å². The van der Waals surface area contributed by atoms with Crippen LogP contribution >= 0.6 is 11.3 Å². The van der Waals surface area contributed by atoms with Crippen molar-refractivity contribution >= 4 is 23.1 Å². The van der Waals surface area contributed by atoms with Gasteiger partial charge in [0, 0.05) is 28.0 Å². The number of carboxylic acids is 1. The molecule has 2 saturated carbocycles. The van der Waals surface area contributed by atoms with Gasteiger partial charge in [-0.25, -0.2) is 0 Å². The van der Waals surface area contributed by atoms with Crippen molar-refractivity contribution < 1.29 is 19.2 Å². The molecule has 3 aliphatic rings. The molecule has 1 N–H and O–H groups in total. The standard InChI is InChI=1S/C21H24N2O4S/c24-15(12-4-1-2-5-13(12)21(25)26)10-17-18(14-6-3-7-16(14)28-17)20-22-19(23-27-20)11-8-9-11/h11-13H,1-10H2,(H,25,26)/t12-,13+/m0/s1. The van der Waals surface area contributed by atoms with E-state index in [2.05, 4.69) is 10.1 Å². The summed E-state index contributed by atoms with van der Waals surface area (Å²) < 4.78 is 5.60. The van der Waals surface area contributed by atoms with Gasteiger partial charge >= 0.3 is 5.97 Å². The molecule has 0 aliphatic heterocycles. The van der Waals surface area contributed by atoms with E-state index in [4.69, 9.17) is 4.52 Å². The number of thiophene rings is 1. The zero-order chi connectivity index (χ0) is 19.3. The SMILES string of the molecule is O=C(Cc1sc2c(c1-c1nc(C3CC3)no1)CCC2)[C@H]1CCCC[C@H]1C(=O)O. The van der Waals surface area contributed by atoms with Gasteiger partial charge in [-0.1, -0.05) is 18.0 Å². The number of carboxylic acid groups (broad SMARTS) is 1. The largest absolute Gasteiger partial charge is 0.481 e. The average Bonchev–Trinajstić information content (AvgIpc) is 3.10. The number of aryl methyl sites for hydroxylation is 1. The minimum Gasteiger partial charge on any atom is -0.481 e. The van der Waals surface area contributed by atoms with Crippen molar-refractivity contribution in [3.8, 4) is 11.5 Å². The van der Waals surface area contributed by atoms with E-state index in [9.17, 15) is 14.7 Å². The first kappa shape index (κ1) is 18.0. The summed E-state index contributed by atoms with van der Waals surface area (Å²) >= 11 is 1.68. The van der Waals surface area contributed by atoms with Gasteiger partial charge in [-0.2, -0.15) is 4.98 Å². The molecule has 2 atom stereocenters. The molecule has 0 aromatic carbocycles. The molecule has 6 nitrogen and oxygen atoms in total. The van der Waals surface area contributed by atoms with E-state index >= 15 is 0 Å². The molecule has 28 heavy (non-hydrogen) atoms. The highest BCUT2D eigenvalue weighted by molar-refractivity contribution is 7.12. The molecule has 0 saturated heterocycles. The van der Waals surface area contributed by atoms with E-state index in [1.807, 2.05) is 0 Å². The van der Waals surface area contributed by atoms with Crippen LogP contribution < -0.4 is 0 Å². The Morgan fingerprint density at radius 2 is 1.86 bits per heavy atom. The smallest absolute Gasteiger partial charge is 0.307 e. The summed E-state index contributed by atoms with van der Waals surface area (Å²) in [6.07, 6.45) is 8.76. The van der Waals surface area contributed by atoms with Crippen molar-refractivity contribution in [3.63, 3.8) is 0 Å². The lowest BCUT2D eigenvalue weighted by atomic mass is 9.76. The lowest BCUT2D eigenvalue weighted by Crippen LogP contribution is -2.33. The van der Waals surface area contributed by atoms with Crippen LogP contribution in [0.5, 0.6) is 0 Å². The molecule has 0 spiro atoms. The van der Waals surface area contributed by atoms with Crippen molar-refractivity contribution in [2.75, 3.05) is 0 Å². The molecule has 0 amide bonds. The third-order valence-electron chi connectivity index (χ3n) is 6.42. The topological polar surface area (TPSA) is 93.3 Å². The van der Waals surface area contributed by atoms with Crippen LogP contribution in [-0.2, 0) is 28.9 Å². The van der Waals surface area contributed by atoms with Gasteiger partial charge in [-0.3, -0.25) is 9.59 Å². The summed E-state index contributed by atoms with van der Waals surface area (Å²) in [4.78, 5) is 31.6. The Morgan fingerprint density at radius 1 is 1.07 bits per heavy atom. The van der Waals surface area contributed by atoms with Crippen LogP contribution in [0.2, 0.25) is 0 Å². The van der Waals surface area contributed by atoms with Gasteiger partial charge in [0.15, 0.2) is 5.82 Å². The highest BCUT2D eigenvalue weighted by Crippen LogP contribution is 2.44. The number of aromatic nitrogens is 2. The first-order chi connectivity index (χ1) is 13.6. The number of ketones is 1. The lowest BCUT2D eigenvalue weighted by molar-refractivity contribution is -0.148. The second-order valence-electron chi connectivity index (χ2n) is 8.37. The van der Waals surface area contributed by atoms with Crippen LogP contribution in [0.25, 0.3) is 11.5 Å². The first-order valence-electron chi connectivity index (χ1n) is 10.3. The number of nitrogens with zero attached hydrogens (tertiary/aromatic N) is 2. The number of rotatable bonds is 6. The molecule has 0 bridgehead atoms. The highest BCUT2D eigenvalue weighted by atomic mass is 32.1. The number of Topliss-reactive ketones (excluding diaryl/α,β-unsaturated/α-hetero) is 1. The molecular weight excluding hydrogens is 376 g/mol. The normalized spacial score (nSPS) is 24.3. The molecule has 2 heterocycles. The summed E-state index contributed by atoms with van der Waals surface area (Å²) in [6, 6.07) is 0. The second kappa shape index (κ2) is 7.10. The lowest BCUT2D eigenvalue weighted by Gasteiger charge is -2.27. The minimum absolute atomic E-state index is 0.0511. The van der Waals surface area contributed by atoms with Gasteiger partial charge in [-0.05, 0) is 50.5 Å². The highest BCUT2D eigenvalue weighted by Gasteiger charge is 2.37. The van der Waals surface area contributed by atoms with Crippen molar-refractivity contribution in [2.45, 2.75) is 70.1 Å². The molecule has 2 fully saturated rings. The maximum Gasteiger partial charge on any atom is 0.307 e. The molecule has 0 radical (unpaired) electrons. The number of carbonyl (C=O) groups is 2. The number of hydrogen-bond acceptors (Lipinski definition) is 6. The maximum absolute atomic E-state index is 13.1. The zero-order valence-corrected chi connectivity index (χ0v) is 16.6. The van der Waals surface area contributed by atoms with Crippen LogP contribution in [0.4, 0.5) is 0 Å². The van der Waals surface area contributed by atoms with E-state index in [0.29, 0.717) is 24.7 Å². The summed E-state index contributed by atoms with van der Waals surface area (Å²) in [7, 11) is 0. The molecule has 0 unspecified atom stereocenters. The molecule has 7 heteroatoms. The van der Waals surface area contributed by atoms with Crippen LogP contribution in [0.1, 0.15) is 72.0 Å². The minimum atomic E-state index is -0.835. The van der Waals surface area contributed by atoms with Gasteiger partial charge in [0.05, 0.1) is 11.5 Å². The molecule has 2 aromatic heterocycles. The predicted octanol–water partition coefficient (Wildman–Crippen LogP) is 4.17. The van der Waals surface area contributed by atoms with Gasteiger partial charge in [0.2, 0.25) is 0 Å². The average molecular weight is 401 g/mol. The van der Waals surface area contributed by atoms with Crippen molar-refractivity contribution in [3.05, 3.63) is 21.1 Å². The molecule has 5 rings (SSSR count). The molecule has 2 aromatic rings. The number of aliphatic carboxylic acids is 1. The molecule has 3 aliphatic carbocycles. The Morgan fingerprint density at radius 3 is 2.61 bits per heavy atom. The van der Waals surface area contributed by atoms with E-state index in [1.165, 1.54) is 10.4 Å². The first-order valence-corrected chi connectivity index (χ1v) is 11.2. The second-order valence-corrected chi connectivity index (χ2v) is 9.56. The molecule has 148 valence electrons. The summed E-state index contributed by atoms with van der Waals surface area (Å²) in [5, 5.41) is 13.7. The Balaban J connectivity index is 1.45. The van der Waals surface area contributed by atoms with Crippen LogP contribution in [-0.4, -0.2) is 27.0 Å². The Labute approximate surface area is 167 Å². The number of carbonyl (C=O) groups excluding carboxylic acids is 1. The van der Waals surface area contributed by atoms with Crippen LogP contribution in [0, 0.1) is 11.8 Å². The van der Waals surface area contributed by atoms with E-state index in [1.54, 1.807) is 11.3 Å². The van der Waals surface area contributed by atoms with Crippen molar-refractivity contribution in [1.82, 2.24) is 10.1 Å². The summed E-state index contributed by atoms with van der Waals surface area (Å²) in [5.74, 6) is 0.0501. The van der Waals surface area contributed by atoms with Gasteiger partial charge in [-0.15, -0.1) is 11.3 Å². The summed E-state index contributed by atoms with van der Waals surface area (Å²) in [5.41, 5.74) is 2.23. The fourth-order valence-electron chi connectivity index (χ4n) is 4.78. The number of fused-ring (bicyclic) bond motifs is 1. The van der Waals surface area contributed by atoms with Crippen molar-refractivity contribution in [2.24, 2.45) is 11.8 Å². The fourth-order valence-corrected chi connectivity index (χ4v) is 6.18. The Bertz CT molecular complexity index is 927. The zero-order valence-electron chi connectivity index (χ0n) is 15.8. The molecular formula is C21H24N2O4S. The van der Waals surface area contributed by atoms with Gasteiger partial charge in [0.25, 0.3) is 5.89 Å². The third-order valence-corrected chi connectivity index (χ3v) is 7.72. The third kappa shape index (κ3) is 3.19. The monoisotopic (exact) mass is 400 g/mol. The number of hydrogen-bond donors (Lipinski definition) is 1. The van der Waals surface area contributed by atoms with Gasteiger partial charge in [0.1, 0.15) is 5.78 Å². The van der Waals surface area contributed by atoms with E-state index in [0.717, 1.165) is 61.2 Å². The van der Waals surface area contributed by atoms with Gasteiger partial charge < -0.3 is 9.63 Å². The Hall–Kier alpha value is -2.02. The maximum atomic E-state index is 13.1. The van der Waals surface area contributed by atoms with Crippen molar-refractivity contribution in [1.29, 1.82) is 0 Å². The quantitative estimate of drug-likeness (QED) is 0.782. The van der Waals surface area contributed by atoms with E-state index < -0.39 is 11.9 Å². The fraction of sp³-hybridized carbons (Fsp3) is 0.619. The summed E-state index contributed by atoms with van der Waals surface area (Å²) in [6.45, 7) is 0. The predicted molar refractivity (Wildman–Crippen MR) is 103 cm³/mol. The van der Waals surface area contributed by atoms with E-state index in [-0.39, 0.29) is 18.1 Å². The van der Waals surface area contributed by atoms with Crippen LogP contribution in [0.15, 0.2) is 4.52 Å².